The standard InChI is InChI=1S/C13H18ClO3P/c14-12-6-3-11(9-12)2-1-10-4-7-13(8-5-10)18(15,16)17/h4-5,7-8,11-12H,1-3,6,9H2,(H2,15,16,17)/t11-,12?/m0/s1. The summed E-state index contributed by atoms with van der Waals surface area (Å²) in [5, 5.41) is 0.431. The lowest BCUT2D eigenvalue weighted by molar-refractivity contribution is 0.387. The molecule has 0 aliphatic heterocycles. The molecule has 0 heterocycles. The number of hydrogen-bond donors (Lipinski definition) is 2. The molecule has 5 heteroatoms. The molecule has 0 radical (unpaired) electrons. The highest BCUT2D eigenvalue weighted by atomic mass is 35.5. The Morgan fingerprint density at radius 2 is 1.89 bits per heavy atom. The maximum absolute atomic E-state index is 11.0. The Hall–Kier alpha value is -0.340. The van der Waals surface area contributed by atoms with E-state index in [-0.39, 0.29) is 5.30 Å². The van der Waals surface area contributed by atoms with Gasteiger partial charge in [-0.3, -0.25) is 4.57 Å². The van der Waals surface area contributed by atoms with Gasteiger partial charge in [0.15, 0.2) is 0 Å². The van der Waals surface area contributed by atoms with Gasteiger partial charge in [-0.25, -0.2) is 0 Å². The molecule has 0 spiro atoms. The van der Waals surface area contributed by atoms with E-state index in [4.69, 9.17) is 21.4 Å². The van der Waals surface area contributed by atoms with Crippen LogP contribution in [0.1, 0.15) is 31.2 Å². The molecule has 100 valence electrons. The Balaban J connectivity index is 1.89. The third-order valence-corrected chi connectivity index (χ3v) is 4.96. The Kier molecular flexibility index (Phi) is 4.50. The monoisotopic (exact) mass is 288 g/mol. The third kappa shape index (κ3) is 3.83. The van der Waals surface area contributed by atoms with E-state index in [1.54, 1.807) is 0 Å². The third-order valence-electron chi connectivity index (χ3n) is 3.59. The predicted molar refractivity (Wildman–Crippen MR) is 73.4 cm³/mol. The van der Waals surface area contributed by atoms with E-state index in [0.29, 0.717) is 11.3 Å². The molecule has 2 N–H and O–H groups in total. The van der Waals surface area contributed by atoms with E-state index in [0.717, 1.165) is 31.2 Å². The quantitative estimate of drug-likeness (QED) is 0.662. The first-order chi connectivity index (χ1) is 8.45. The van der Waals surface area contributed by atoms with Gasteiger partial charge < -0.3 is 9.79 Å². The maximum atomic E-state index is 11.0. The van der Waals surface area contributed by atoms with Crippen molar-refractivity contribution >= 4 is 24.5 Å². The van der Waals surface area contributed by atoms with Crippen LogP contribution in [0.2, 0.25) is 0 Å². The second kappa shape index (κ2) is 5.75. The van der Waals surface area contributed by atoms with Gasteiger partial charge in [0, 0.05) is 5.38 Å². The van der Waals surface area contributed by atoms with Crippen LogP contribution in [0.25, 0.3) is 0 Å². The number of alkyl halides is 1. The number of aryl methyl sites for hydroxylation is 1. The molecular weight excluding hydrogens is 271 g/mol. The Bertz CT molecular complexity index is 440. The summed E-state index contributed by atoms with van der Waals surface area (Å²) in [5.41, 5.74) is 1.13. The van der Waals surface area contributed by atoms with Crippen LogP contribution in [-0.4, -0.2) is 15.2 Å². The van der Waals surface area contributed by atoms with Crippen molar-refractivity contribution in [1.29, 1.82) is 0 Å². The van der Waals surface area contributed by atoms with Crippen LogP contribution < -0.4 is 5.30 Å². The Morgan fingerprint density at radius 3 is 2.39 bits per heavy atom. The molecule has 1 saturated carbocycles. The molecule has 2 atom stereocenters. The Morgan fingerprint density at radius 1 is 1.22 bits per heavy atom. The van der Waals surface area contributed by atoms with Gasteiger partial charge >= 0.3 is 7.60 Å². The van der Waals surface area contributed by atoms with Crippen molar-refractivity contribution in [2.45, 2.75) is 37.5 Å². The van der Waals surface area contributed by atoms with Crippen molar-refractivity contribution in [1.82, 2.24) is 0 Å². The molecular formula is C13H18ClO3P. The van der Waals surface area contributed by atoms with E-state index in [2.05, 4.69) is 0 Å². The topological polar surface area (TPSA) is 57.5 Å². The molecule has 1 aromatic rings. The zero-order chi connectivity index (χ0) is 13.2. The molecule has 1 aliphatic rings. The lowest BCUT2D eigenvalue weighted by atomic mass is 9.98. The van der Waals surface area contributed by atoms with Crippen LogP contribution in [0.15, 0.2) is 24.3 Å². The summed E-state index contributed by atoms with van der Waals surface area (Å²) in [5.74, 6) is 0.703. The average molecular weight is 289 g/mol. The minimum Gasteiger partial charge on any atom is -0.321 e. The molecule has 0 aromatic heterocycles. The highest BCUT2D eigenvalue weighted by Gasteiger charge is 2.22. The second-order valence-electron chi connectivity index (χ2n) is 5.03. The number of halogens is 1. The van der Waals surface area contributed by atoms with Crippen molar-refractivity contribution in [3.63, 3.8) is 0 Å². The van der Waals surface area contributed by atoms with Crippen molar-refractivity contribution in [3.8, 4) is 0 Å². The fourth-order valence-electron chi connectivity index (χ4n) is 2.50. The summed E-state index contributed by atoms with van der Waals surface area (Å²) in [4.78, 5) is 18.0. The van der Waals surface area contributed by atoms with E-state index >= 15 is 0 Å². The van der Waals surface area contributed by atoms with E-state index < -0.39 is 7.60 Å². The minimum absolute atomic E-state index is 0.0907. The lowest BCUT2D eigenvalue weighted by Crippen LogP contribution is -2.04. The zero-order valence-electron chi connectivity index (χ0n) is 10.1. The van der Waals surface area contributed by atoms with Crippen LogP contribution in [0.5, 0.6) is 0 Å². The summed E-state index contributed by atoms with van der Waals surface area (Å²) < 4.78 is 11.0. The summed E-state index contributed by atoms with van der Waals surface area (Å²) in [7, 11) is -4.10. The molecule has 1 aromatic carbocycles. The summed E-state index contributed by atoms with van der Waals surface area (Å²) in [6, 6.07) is 6.66. The van der Waals surface area contributed by atoms with Crippen LogP contribution in [0.4, 0.5) is 0 Å². The average Bonchev–Trinajstić information content (AvgIpc) is 2.72. The highest BCUT2D eigenvalue weighted by molar-refractivity contribution is 7.60. The molecule has 0 bridgehead atoms. The van der Waals surface area contributed by atoms with Crippen LogP contribution in [-0.2, 0) is 11.0 Å². The van der Waals surface area contributed by atoms with Crippen LogP contribution in [0, 0.1) is 5.92 Å². The first kappa shape index (κ1) is 14.1. The predicted octanol–water partition coefficient (Wildman–Crippen LogP) is 2.83. The molecule has 0 amide bonds. The van der Waals surface area contributed by atoms with Gasteiger partial charge in [0.05, 0.1) is 5.30 Å². The summed E-state index contributed by atoms with van der Waals surface area (Å²) in [6.45, 7) is 0. The van der Waals surface area contributed by atoms with Crippen molar-refractivity contribution in [2.75, 3.05) is 0 Å². The number of benzene rings is 1. The molecule has 18 heavy (non-hydrogen) atoms. The van der Waals surface area contributed by atoms with E-state index in [1.807, 2.05) is 12.1 Å². The fourth-order valence-corrected chi connectivity index (χ4v) is 3.42. The fraction of sp³-hybridized carbons (Fsp3) is 0.538. The molecule has 2 rings (SSSR count). The first-order valence-electron chi connectivity index (χ1n) is 6.24. The minimum atomic E-state index is -4.10. The largest absolute Gasteiger partial charge is 0.356 e. The highest BCUT2D eigenvalue weighted by Crippen LogP contribution is 2.34. The molecule has 1 aliphatic carbocycles. The SMILES string of the molecule is O=P(O)(O)c1ccc(CC[C@H]2CCC(Cl)C2)cc1. The summed E-state index contributed by atoms with van der Waals surface area (Å²) in [6.07, 6.45) is 5.48. The van der Waals surface area contributed by atoms with Crippen LogP contribution in [0.3, 0.4) is 0 Å². The van der Waals surface area contributed by atoms with Crippen molar-refractivity contribution < 1.29 is 14.4 Å². The van der Waals surface area contributed by atoms with Gasteiger partial charge in [-0.2, -0.15) is 0 Å². The summed E-state index contributed by atoms with van der Waals surface area (Å²) >= 11 is 6.07. The molecule has 1 fully saturated rings. The van der Waals surface area contributed by atoms with Gasteiger partial charge in [0.25, 0.3) is 0 Å². The normalized spacial score (nSPS) is 24.4. The molecule has 0 saturated heterocycles. The molecule has 1 unspecified atom stereocenters. The maximum Gasteiger partial charge on any atom is 0.356 e. The second-order valence-corrected chi connectivity index (χ2v) is 7.25. The van der Waals surface area contributed by atoms with Crippen molar-refractivity contribution in [2.24, 2.45) is 5.92 Å². The zero-order valence-corrected chi connectivity index (χ0v) is 11.8. The van der Waals surface area contributed by atoms with Gasteiger partial charge in [-0.1, -0.05) is 12.1 Å². The van der Waals surface area contributed by atoms with Gasteiger partial charge in [0.1, 0.15) is 0 Å². The Labute approximate surface area is 112 Å². The van der Waals surface area contributed by atoms with Gasteiger partial charge in [-0.15, -0.1) is 11.6 Å². The number of hydrogen-bond acceptors (Lipinski definition) is 1. The van der Waals surface area contributed by atoms with Gasteiger partial charge in [-0.05, 0) is 55.7 Å². The smallest absolute Gasteiger partial charge is 0.321 e. The van der Waals surface area contributed by atoms with E-state index in [1.165, 1.54) is 18.6 Å². The lowest BCUT2D eigenvalue weighted by Gasteiger charge is -2.09. The first-order valence-corrected chi connectivity index (χ1v) is 8.29. The van der Waals surface area contributed by atoms with E-state index in [9.17, 15) is 4.57 Å². The van der Waals surface area contributed by atoms with Crippen molar-refractivity contribution in [3.05, 3.63) is 29.8 Å². The van der Waals surface area contributed by atoms with Crippen LogP contribution >= 0.6 is 19.2 Å². The number of rotatable bonds is 4. The van der Waals surface area contributed by atoms with Gasteiger partial charge in [0.2, 0.25) is 0 Å². The molecule has 3 nitrogen and oxygen atoms in total.